The normalized spacial score (nSPS) is 20.7. The summed E-state index contributed by atoms with van der Waals surface area (Å²) in [5, 5.41) is 54.3. The van der Waals surface area contributed by atoms with Gasteiger partial charge >= 0.3 is 0 Å². The van der Waals surface area contributed by atoms with Gasteiger partial charge < -0.3 is 40.3 Å². The summed E-state index contributed by atoms with van der Waals surface area (Å²) < 4.78 is 11.2. The maximum absolute atomic E-state index is 13.0. The summed E-state index contributed by atoms with van der Waals surface area (Å²) in [5.74, 6) is -0.188. The number of hydrogen-bond acceptors (Lipinski definition) is 8. The fraction of sp³-hybridized carbons (Fsp3) is 0.865. The predicted octanol–water partition coefficient (Wildman–Crippen LogP) is 11.6. The van der Waals surface area contributed by atoms with Crippen LogP contribution in [0.25, 0.3) is 0 Å². The van der Waals surface area contributed by atoms with E-state index in [2.05, 4.69) is 43.5 Å². The number of nitrogens with one attached hydrogen (secondary N) is 1. The number of carbonyl (C=O) groups excluding carboxylic acids is 1. The fourth-order valence-electron chi connectivity index (χ4n) is 8.07. The monoisotopic (exact) mass is 864 g/mol. The van der Waals surface area contributed by atoms with Gasteiger partial charge in [-0.2, -0.15) is 0 Å². The van der Waals surface area contributed by atoms with Crippen molar-refractivity contribution in [1.29, 1.82) is 0 Å². The molecular formula is C52H97NO8. The summed E-state index contributed by atoms with van der Waals surface area (Å²) in [5.41, 5.74) is 0. The van der Waals surface area contributed by atoms with E-state index in [9.17, 15) is 30.3 Å². The Bertz CT molecular complexity index is 1050. The van der Waals surface area contributed by atoms with E-state index in [0.29, 0.717) is 6.42 Å². The van der Waals surface area contributed by atoms with Crippen molar-refractivity contribution in [3.05, 3.63) is 36.5 Å². The topological polar surface area (TPSA) is 149 Å². The molecule has 0 spiro atoms. The largest absolute Gasteiger partial charge is 0.394 e. The minimum absolute atomic E-state index is 0.188. The average Bonchev–Trinajstić information content (AvgIpc) is 3.26. The van der Waals surface area contributed by atoms with Crippen LogP contribution in [0.5, 0.6) is 0 Å². The zero-order chi connectivity index (χ0) is 44.4. The van der Waals surface area contributed by atoms with Crippen LogP contribution >= 0.6 is 0 Å². The second-order valence-corrected chi connectivity index (χ2v) is 18.0. The molecule has 0 aromatic rings. The smallest absolute Gasteiger partial charge is 0.220 e. The molecule has 7 unspecified atom stereocenters. The SMILES string of the molecule is CCCCCCCC/C=C/CC/C=C/CC/C=C/C(O)C(COC1OC(CO)C(O)C(O)C1O)NC(=O)CCCCCCCCCCCCCCCCCCCCCCCC. The van der Waals surface area contributed by atoms with Crippen molar-refractivity contribution in [1.82, 2.24) is 5.32 Å². The molecule has 0 aromatic heterocycles. The number of rotatable bonds is 43. The first-order chi connectivity index (χ1) is 29.8. The van der Waals surface area contributed by atoms with Gasteiger partial charge in [0.1, 0.15) is 24.4 Å². The zero-order valence-corrected chi connectivity index (χ0v) is 39.4. The van der Waals surface area contributed by atoms with E-state index in [-0.39, 0.29) is 12.5 Å². The second-order valence-electron chi connectivity index (χ2n) is 18.0. The number of unbranched alkanes of at least 4 members (excludes halogenated alkanes) is 29. The molecule has 0 bridgehead atoms. The van der Waals surface area contributed by atoms with Crippen molar-refractivity contribution >= 4 is 5.91 Å². The highest BCUT2D eigenvalue weighted by molar-refractivity contribution is 5.76. The second kappa shape index (κ2) is 42.4. The molecule has 0 saturated carbocycles. The van der Waals surface area contributed by atoms with Crippen molar-refractivity contribution in [3.8, 4) is 0 Å². The van der Waals surface area contributed by atoms with Crippen LogP contribution in [0.4, 0.5) is 0 Å². The van der Waals surface area contributed by atoms with Crippen LogP contribution in [0, 0.1) is 0 Å². The Hall–Kier alpha value is -1.59. The van der Waals surface area contributed by atoms with Crippen LogP contribution in [-0.4, -0.2) is 87.5 Å². The van der Waals surface area contributed by atoms with Gasteiger partial charge in [-0.05, 0) is 44.9 Å². The van der Waals surface area contributed by atoms with Crippen LogP contribution in [0.15, 0.2) is 36.5 Å². The van der Waals surface area contributed by atoms with Crippen molar-refractivity contribution in [2.24, 2.45) is 0 Å². The first-order valence-corrected chi connectivity index (χ1v) is 25.7. The van der Waals surface area contributed by atoms with E-state index in [0.717, 1.165) is 51.4 Å². The number of aliphatic hydroxyl groups is 5. The molecule has 1 aliphatic rings. The lowest BCUT2D eigenvalue weighted by atomic mass is 9.99. The Kier molecular flexibility index (Phi) is 39.9. The first-order valence-electron chi connectivity index (χ1n) is 25.7. The van der Waals surface area contributed by atoms with Crippen LogP contribution in [0.3, 0.4) is 0 Å². The lowest BCUT2D eigenvalue weighted by molar-refractivity contribution is -0.302. The molecular weight excluding hydrogens is 767 g/mol. The molecule has 1 heterocycles. The van der Waals surface area contributed by atoms with Crippen molar-refractivity contribution in [2.45, 2.75) is 275 Å². The molecule has 1 saturated heterocycles. The minimum Gasteiger partial charge on any atom is -0.394 e. The Morgan fingerprint density at radius 2 is 0.934 bits per heavy atom. The van der Waals surface area contributed by atoms with Gasteiger partial charge in [-0.3, -0.25) is 4.79 Å². The van der Waals surface area contributed by atoms with Gasteiger partial charge in [0.05, 0.1) is 25.4 Å². The maximum atomic E-state index is 13.0. The molecule has 9 nitrogen and oxygen atoms in total. The molecule has 1 aliphatic heterocycles. The van der Waals surface area contributed by atoms with Crippen LogP contribution in [0.2, 0.25) is 0 Å². The lowest BCUT2D eigenvalue weighted by Crippen LogP contribution is -2.60. The van der Waals surface area contributed by atoms with Crippen molar-refractivity contribution < 1.29 is 39.8 Å². The molecule has 9 heteroatoms. The molecule has 1 amide bonds. The van der Waals surface area contributed by atoms with Crippen molar-refractivity contribution in [2.75, 3.05) is 13.2 Å². The highest BCUT2D eigenvalue weighted by Gasteiger charge is 2.44. The van der Waals surface area contributed by atoms with Gasteiger partial charge in [0.15, 0.2) is 6.29 Å². The molecule has 6 N–H and O–H groups in total. The van der Waals surface area contributed by atoms with E-state index in [1.54, 1.807) is 6.08 Å². The van der Waals surface area contributed by atoms with Gasteiger partial charge in [-0.25, -0.2) is 0 Å². The standard InChI is InChI=1S/C52H97NO8/c1-3-5-7-9-11-13-15-17-19-21-22-23-24-25-26-28-30-32-34-36-38-40-42-48(56)53-45(44-60-52-51(59)50(58)49(57)47(43-54)61-52)46(55)41-39-37-35-33-31-29-27-20-18-16-14-12-10-8-6-4-2/h18,20,31,33,39,41,45-47,49-52,54-55,57-59H,3-17,19,21-30,32,34-38,40,42-44H2,1-2H3,(H,53,56)/b20-18+,33-31+,41-39+. The van der Waals surface area contributed by atoms with Crippen LogP contribution < -0.4 is 5.32 Å². The molecule has 358 valence electrons. The Labute approximate surface area is 374 Å². The van der Waals surface area contributed by atoms with E-state index in [4.69, 9.17) is 9.47 Å². The summed E-state index contributed by atoms with van der Waals surface area (Å²) in [6.07, 6.45) is 46.3. The third-order valence-corrected chi connectivity index (χ3v) is 12.2. The lowest BCUT2D eigenvalue weighted by Gasteiger charge is -2.40. The van der Waals surface area contributed by atoms with Gasteiger partial charge in [-0.15, -0.1) is 0 Å². The van der Waals surface area contributed by atoms with Gasteiger partial charge in [0, 0.05) is 6.42 Å². The summed E-state index contributed by atoms with van der Waals surface area (Å²) in [7, 11) is 0. The molecule has 0 radical (unpaired) electrons. The summed E-state index contributed by atoms with van der Waals surface area (Å²) in [6, 6.07) is -0.825. The van der Waals surface area contributed by atoms with E-state index < -0.39 is 49.5 Å². The molecule has 0 aromatic carbocycles. The number of hydrogen-bond donors (Lipinski definition) is 6. The Morgan fingerprint density at radius 1 is 0.541 bits per heavy atom. The number of ether oxygens (including phenoxy) is 2. The Balaban J connectivity index is 2.29. The van der Waals surface area contributed by atoms with E-state index >= 15 is 0 Å². The third kappa shape index (κ3) is 32.7. The molecule has 1 rings (SSSR count). The summed E-state index contributed by atoms with van der Waals surface area (Å²) >= 11 is 0. The third-order valence-electron chi connectivity index (χ3n) is 12.2. The quantitative estimate of drug-likeness (QED) is 0.0262. The molecule has 1 fully saturated rings. The number of amides is 1. The summed E-state index contributed by atoms with van der Waals surface area (Å²) in [6.45, 7) is 3.76. The molecule has 0 aliphatic carbocycles. The zero-order valence-electron chi connectivity index (χ0n) is 39.4. The molecule has 61 heavy (non-hydrogen) atoms. The van der Waals surface area contributed by atoms with Gasteiger partial charge in [-0.1, -0.05) is 217 Å². The van der Waals surface area contributed by atoms with E-state index in [1.807, 2.05) is 6.08 Å². The maximum Gasteiger partial charge on any atom is 0.220 e. The Morgan fingerprint density at radius 3 is 1.38 bits per heavy atom. The first kappa shape index (κ1) is 57.4. The average molecular weight is 864 g/mol. The minimum atomic E-state index is -1.57. The van der Waals surface area contributed by atoms with Gasteiger partial charge in [0.25, 0.3) is 0 Å². The van der Waals surface area contributed by atoms with Crippen molar-refractivity contribution in [3.63, 3.8) is 0 Å². The number of aliphatic hydroxyl groups excluding tert-OH is 5. The van der Waals surface area contributed by atoms with Crippen LogP contribution in [-0.2, 0) is 14.3 Å². The highest BCUT2D eigenvalue weighted by atomic mass is 16.7. The summed E-state index contributed by atoms with van der Waals surface area (Å²) in [4.78, 5) is 13.0. The number of carbonyl (C=O) groups is 1. The van der Waals surface area contributed by atoms with Crippen LogP contribution in [0.1, 0.15) is 232 Å². The van der Waals surface area contributed by atoms with Gasteiger partial charge in [0.2, 0.25) is 5.91 Å². The fourth-order valence-corrected chi connectivity index (χ4v) is 8.07. The predicted molar refractivity (Wildman–Crippen MR) is 253 cm³/mol. The highest BCUT2D eigenvalue weighted by Crippen LogP contribution is 2.23. The number of allylic oxidation sites excluding steroid dienone is 5. The van der Waals surface area contributed by atoms with E-state index in [1.165, 1.54) is 161 Å². The molecule has 7 atom stereocenters.